The molecule has 0 aromatic heterocycles. The number of ketones is 1. The van der Waals surface area contributed by atoms with Gasteiger partial charge in [-0.25, -0.2) is 0 Å². The Morgan fingerprint density at radius 3 is 2.33 bits per heavy atom. The van der Waals surface area contributed by atoms with Crippen molar-refractivity contribution in [3.05, 3.63) is 29.8 Å². The fourth-order valence-corrected chi connectivity index (χ4v) is 1.33. The highest BCUT2D eigenvalue weighted by molar-refractivity contribution is 5.99. The van der Waals surface area contributed by atoms with Crippen molar-refractivity contribution in [2.45, 2.75) is 41.0 Å². The van der Waals surface area contributed by atoms with E-state index in [2.05, 4.69) is 5.32 Å². The van der Waals surface area contributed by atoms with Crippen molar-refractivity contribution in [2.75, 3.05) is 5.32 Å². The summed E-state index contributed by atoms with van der Waals surface area (Å²) in [5.41, 5.74) is 1.32. The van der Waals surface area contributed by atoms with E-state index in [0.29, 0.717) is 17.7 Å². The van der Waals surface area contributed by atoms with E-state index in [1.54, 1.807) is 31.2 Å². The lowest BCUT2D eigenvalue weighted by Crippen LogP contribution is -2.11. The minimum absolute atomic E-state index is 0.0304. The van der Waals surface area contributed by atoms with Gasteiger partial charge in [0, 0.05) is 23.6 Å². The molecule has 100 valence electrons. The number of Topliss-reactive ketones (excluding diaryl/α,β-unsaturated/α-hetero) is 1. The Bertz CT molecular complexity index is 397. The second kappa shape index (κ2) is 8.45. The van der Waals surface area contributed by atoms with Crippen LogP contribution in [0.15, 0.2) is 24.3 Å². The molecule has 3 nitrogen and oxygen atoms in total. The van der Waals surface area contributed by atoms with Gasteiger partial charge in [-0.3, -0.25) is 9.59 Å². The van der Waals surface area contributed by atoms with Gasteiger partial charge in [-0.05, 0) is 12.1 Å². The van der Waals surface area contributed by atoms with Crippen molar-refractivity contribution in [3.63, 3.8) is 0 Å². The van der Waals surface area contributed by atoms with Crippen LogP contribution in [0.5, 0.6) is 0 Å². The Labute approximate surface area is 110 Å². The number of hydrogen-bond donors (Lipinski definition) is 1. The Balaban J connectivity index is 0.00000137. The SMILES string of the molecule is CC.CCC(=O)Nc1cccc(C(=O)C(C)C)c1. The largest absolute Gasteiger partial charge is 0.326 e. The van der Waals surface area contributed by atoms with Gasteiger partial charge in [-0.1, -0.05) is 46.8 Å². The molecule has 1 aromatic carbocycles. The molecule has 0 aliphatic carbocycles. The van der Waals surface area contributed by atoms with Gasteiger partial charge < -0.3 is 5.32 Å². The topological polar surface area (TPSA) is 46.2 Å². The van der Waals surface area contributed by atoms with Crippen molar-refractivity contribution < 1.29 is 9.59 Å². The summed E-state index contributed by atoms with van der Waals surface area (Å²) in [7, 11) is 0. The van der Waals surface area contributed by atoms with Crippen LogP contribution < -0.4 is 5.32 Å². The monoisotopic (exact) mass is 249 g/mol. The van der Waals surface area contributed by atoms with E-state index in [1.807, 2.05) is 27.7 Å². The first-order chi connectivity index (χ1) is 8.54. The molecule has 0 unspecified atom stereocenters. The smallest absolute Gasteiger partial charge is 0.224 e. The fraction of sp³-hybridized carbons (Fsp3) is 0.467. The molecule has 0 aliphatic rings. The maximum Gasteiger partial charge on any atom is 0.224 e. The van der Waals surface area contributed by atoms with Gasteiger partial charge in [0.05, 0.1) is 0 Å². The minimum atomic E-state index is -0.0471. The molecule has 0 spiro atoms. The summed E-state index contributed by atoms with van der Waals surface area (Å²) in [5.74, 6) is 0.0128. The Hall–Kier alpha value is -1.64. The minimum Gasteiger partial charge on any atom is -0.326 e. The zero-order valence-electron chi connectivity index (χ0n) is 11.9. The van der Waals surface area contributed by atoms with Gasteiger partial charge in [0.25, 0.3) is 0 Å². The summed E-state index contributed by atoms with van der Waals surface area (Å²) in [4.78, 5) is 22.9. The van der Waals surface area contributed by atoms with E-state index in [1.165, 1.54) is 0 Å². The molecule has 18 heavy (non-hydrogen) atoms. The lowest BCUT2D eigenvalue weighted by atomic mass is 10.0. The molecular weight excluding hydrogens is 226 g/mol. The Morgan fingerprint density at radius 2 is 1.83 bits per heavy atom. The summed E-state index contributed by atoms with van der Waals surface area (Å²) in [6.07, 6.45) is 0.433. The molecule has 0 heterocycles. The highest BCUT2D eigenvalue weighted by Crippen LogP contribution is 2.14. The molecule has 3 heteroatoms. The molecule has 1 aromatic rings. The van der Waals surface area contributed by atoms with Crippen LogP contribution in [0.2, 0.25) is 0 Å². The van der Waals surface area contributed by atoms with Crippen molar-refractivity contribution in [1.82, 2.24) is 0 Å². The summed E-state index contributed by atoms with van der Waals surface area (Å²) >= 11 is 0. The predicted molar refractivity (Wildman–Crippen MR) is 75.9 cm³/mol. The third kappa shape index (κ3) is 5.13. The number of amides is 1. The lowest BCUT2D eigenvalue weighted by Gasteiger charge is -2.07. The molecule has 0 fully saturated rings. The van der Waals surface area contributed by atoms with Crippen LogP contribution >= 0.6 is 0 Å². The third-order valence-corrected chi connectivity index (χ3v) is 2.28. The van der Waals surface area contributed by atoms with Gasteiger partial charge in [0.2, 0.25) is 5.91 Å². The number of nitrogens with one attached hydrogen (secondary N) is 1. The van der Waals surface area contributed by atoms with Crippen molar-refractivity contribution in [2.24, 2.45) is 5.92 Å². The average Bonchev–Trinajstić information content (AvgIpc) is 2.40. The average molecular weight is 249 g/mol. The van der Waals surface area contributed by atoms with Crippen LogP contribution in [0, 0.1) is 5.92 Å². The summed E-state index contributed by atoms with van der Waals surface area (Å²) in [6.45, 7) is 9.51. The molecule has 1 N–H and O–H groups in total. The maximum absolute atomic E-state index is 11.7. The van der Waals surface area contributed by atoms with Crippen LogP contribution in [0.1, 0.15) is 51.4 Å². The van der Waals surface area contributed by atoms with Gasteiger partial charge >= 0.3 is 0 Å². The van der Waals surface area contributed by atoms with Crippen molar-refractivity contribution >= 4 is 17.4 Å². The van der Waals surface area contributed by atoms with Gasteiger partial charge in [-0.2, -0.15) is 0 Å². The first kappa shape index (κ1) is 16.4. The molecule has 0 radical (unpaired) electrons. The zero-order chi connectivity index (χ0) is 14.1. The summed E-state index contributed by atoms with van der Waals surface area (Å²) in [5, 5.41) is 2.73. The fourth-order valence-electron chi connectivity index (χ4n) is 1.33. The molecular formula is C15H23NO2. The normalized spacial score (nSPS) is 9.44. The van der Waals surface area contributed by atoms with Gasteiger partial charge in [0.15, 0.2) is 5.78 Å². The number of carbonyl (C=O) groups is 2. The van der Waals surface area contributed by atoms with E-state index in [9.17, 15) is 9.59 Å². The van der Waals surface area contributed by atoms with Gasteiger partial charge in [0.1, 0.15) is 0 Å². The maximum atomic E-state index is 11.7. The van der Waals surface area contributed by atoms with Crippen LogP contribution in [-0.4, -0.2) is 11.7 Å². The number of rotatable bonds is 4. The summed E-state index contributed by atoms with van der Waals surface area (Å²) in [6, 6.07) is 7.05. The quantitative estimate of drug-likeness (QED) is 0.822. The molecule has 1 amide bonds. The molecule has 0 saturated heterocycles. The zero-order valence-corrected chi connectivity index (χ0v) is 11.9. The molecule has 0 saturated carbocycles. The number of anilines is 1. The van der Waals surface area contributed by atoms with E-state index in [4.69, 9.17) is 0 Å². The Morgan fingerprint density at radius 1 is 1.22 bits per heavy atom. The molecule has 0 atom stereocenters. The van der Waals surface area contributed by atoms with Gasteiger partial charge in [-0.15, -0.1) is 0 Å². The van der Waals surface area contributed by atoms with Crippen molar-refractivity contribution in [3.8, 4) is 0 Å². The second-order valence-electron chi connectivity index (χ2n) is 4.00. The van der Waals surface area contributed by atoms with E-state index >= 15 is 0 Å². The van der Waals surface area contributed by atoms with Crippen LogP contribution in [0.3, 0.4) is 0 Å². The molecule has 1 rings (SSSR count). The number of carbonyl (C=O) groups excluding carboxylic acids is 2. The highest BCUT2D eigenvalue weighted by atomic mass is 16.1. The van der Waals surface area contributed by atoms with E-state index in [0.717, 1.165) is 0 Å². The molecule has 0 aliphatic heterocycles. The lowest BCUT2D eigenvalue weighted by molar-refractivity contribution is -0.115. The highest BCUT2D eigenvalue weighted by Gasteiger charge is 2.10. The third-order valence-electron chi connectivity index (χ3n) is 2.28. The first-order valence-corrected chi connectivity index (χ1v) is 6.48. The van der Waals surface area contributed by atoms with E-state index < -0.39 is 0 Å². The summed E-state index contributed by atoms with van der Waals surface area (Å²) < 4.78 is 0. The van der Waals surface area contributed by atoms with Crippen LogP contribution in [-0.2, 0) is 4.79 Å². The Kier molecular flexibility index (Phi) is 7.68. The van der Waals surface area contributed by atoms with Crippen LogP contribution in [0.25, 0.3) is 0 Å². The van der Waals surface area contributed by atoms with Crippen molar-refractivity contribution in [1.29, 1.82) is 0 Å². The predicted octanol–water partition coefficient (Wildman–Crippen LogP) is 3.90. The number of benzene rings is 1. The molecule has 0 bridgehead atoms. The standard InChI is InChI=1S/C13H17NO2.C2H6/c1-4-12(15)14-11-7-5-6-10(8-11)13(16)9(2)3;1-2/h5-9H,4H2,1-3H3,(H,14,15);1-2H3. The van der Waals surface area contributed by atoms with Crippen LogP contribution in [0.4, 0.5) is 5.69 Å². The van der Waals surface area contributed by atoms with E-state index in [-0.39, 0.29) is 17.6 Å². The number of hydrogen-bond acceptors (Lipinski definition) is 2. The second-order valence-corrected chi connectivity index (χ2v) is 4.00. The first-order valence-electron chi connectivity index (χ1n) is 6.48.